The van der Waals surface area contributed by atoms with E-state index in [2.05, 4.69) is 10.2 Å². The van der Waals surface area contributed by atoms with E-state index in [9.17, 15) is 4.79 Å². The van der Waals surface area contributed by atoms with Crippen LogP contribution in [0.1, 0.15) is 11.3 Å². The van der Waals surface area contributed by atoms with Gasteiger partial charge in [-0.25, -0.2) is 0 Å². The molecule has 0 atom stereocenters. The molecule has 4 nitrogen and oxygen atoms in total. The molecule has 0 saturated heterocycles. The van der Waals surface area contributed by atoms with E-state index in [1.165, 1.54) is 6.20 Å². The van der Waals surface area contributed by atoms with Crippen molar-refractivity contribution in [3.05, 3.63) is 17.5 Å². The first-order valence-corrected chi connectivity index (χ1v) is 3.56. The van der Waals surface area contributed by atoms with E-state index in [4.69, 9.17) is 16.7 Å². The molecule has 0 aliphatic rings. The first-order valence-electron chi connectivity index (χ1n) is 3.03. The van der Waals surface area contributed by atoms with E-state index in [-0.39, 0.29) is 12.3 Å². The highest BCUT2D eigenvalue weighted by Gasteiger charge is 2.06. The zero-order chi connectivity index (χ0) is 8.27. The van der Waals surface area contributed by atoms with Crippen LogP contribution in [0.25, 0.3) is 0 Å². The third-order valence-electron chi connectivity index (χ3n) is 1.28. The molecule has 1 heterocycles. The van der Waals surface area contributed by atoms with Gasteiger partial charge in [-0.15, -0.1) is 11.6 Å². The zero-order valence-corrected chi connectivity index (χ0v) is 6.43. The molecule has 0 aromatic carbocycles. The van der Waals surface area contributed by atoms with Gasteiger partial charge >= 0.3 is 5.97 Å². The molecule has 0 bridgehead atoms. The van der Waals surface area contributed by atoms with Crippen molar-refractivity contribution in [2.45, 2.75) is 12.3 Å². The monoisotopic (exact) mass is 174 g/mol. The molecule has 0 saturated carbocycles. The fourth-order valence-electron chi connectivity index (χ4n) is 0.769. The molecule has 1 aromatic heterocycles. The Bertz CT molecular complexity index is 259. The lowest BCUT2D eigenvalue weighted by molar-refractivity contribution is -0.136. The minimum Gasteiger partial charge on any atom is -0.481 e. The van der Waals surface area contributed by atoms with Crippen molar-refractivity contribution < 1.29 is 9.90 Å². The van der Waals surface area contributed by atoms with Gasteiger partial charge in [-0.05, 0) is 0 Å². The van der Waals surface area contributed by atoms with Crippen molar-refractivity contribution in [1.29, 1.82) is 0 Å². The van der Waals surface area contributed by atoms with Crippen LogP contribution in [0.4, 0.5) is 0 Å². The average Bonchev–Trinajstić information content (AvgIpc) is 2.34. The Hall–Kier alpha value is -1.03. The fraction of sp³-hybridized carbons (Fsp3) is 0.333. The Morgan fingerprint density at radius 2 is 2.55 bits per heavy atom. The number of aliphatic carboxylic acids is 1. The van der Waals surface area contributed by atoms with Crippen molar-refractivity contribution in [3.8, 4) is 0 Å². The number of H-pyrrole nitrogens is 1. The summed E-state index contributed by atoms with van der Waals surface area (Å²) in [7, 11) is 0. The second-order valence-corrected chi connectivity index (χ2v) is 2.35. The van der Waals surface area contributed by atoms with E-state index >= 15 is 0 Å². The van der Waals surface area contributed by atoms with Gasteiger partial charge in [0.1, 0.15) is 0 Å². The number of aromatic amines is 1. The molecule has 0 amide bonds. The predicted molar refractivity (Wildman–Crippen MR) is 39.5 cm³/mol. The fourth-order valence-corrected chi connectivity index (χ4v) is 1.00. The predicted octanol–water partition coefficient (Wildman–Crippen LogP) is 0.776. The molecule has 0 aliphatic heterocycles. The normalized spacial score (nSPS) is 9.91. The lowest BCUT2D eigenvalue weighted by Crippen LogP contribution is -2.00. The quantitative estimate of drug-likeness (QED) is 0.666. The summed E-state index contributed by atoms with van der Waals surface area (Å²) in [6.07, 6.45) is 1.45. The number of halogens is 1. The van der Waals surface area contributed by atoms with Crippen LogP contribution in [-0.2, 0) is 17.1 Å². The maximum atomic E-state index is 10.3. The number of alkyl halides is 1. The van der Waals surface area contributed by atoms with Crippen LogP contribution < -0.4 is 0 Å². The van der Waals surface area contributed by atoms with Crippen molar-refractivity contribution in [1.82, 2.24) is 10.2 Å². The van der Waals surface area contributed by atoms with Gasteiger partial charge in [0, 0.05) is 5.56 Å². The van der Waals surface area contributed by atoms with E-state index in [1.807, 2.05) is 0 Å². The number of nitrogens with zero attached hydrogens (tertiary/aromatic N) is 1. The molecular formula is C6H7ClN2O2. The van der Waals surface area contributed by atoms with Gasteiger partial charge in [0.2, 0.25) is 0 Å². The second kappa shape index (κ2) is 3.39. The highest BCUT2D eigenvalue weighted by molar-refractivity contribution is 6.17. The van der Waals surface area contributed by atoms with Gasteiger partial charge in [0.25, 0.3) is 0 Å². The molecule has 5 heteroatoms. The molecule has 1 aromatic rings. The third-order valence-corrected chi connectivity index (χ3v) is 1.55. The first-order chi connectivity index (χ1) is 5.24. The van der Waals surface area contributed by atoms with Gasteiger partial charge in [-0.1, -0.05) is 0 Å². The van der Waals surface area contributed by atoms with Crippen LogP contribution in [0.2, 0.25) is 0 Å². The molecule has 60 valence electrons. The Balaban J connectivity index is 2.76. The highest BCUT2D eigenvalue weighted by Crippen LogP contribution is 2.07. The van der Waals surface area contributed by atoms with E-state index in [0.717, 1.165) is 0 Å². The van der Waals surface area contributed by atoms with E-state index in [0.29, 0.717) is 11.3 Å². The van der Waals surface area contributed by atoms with E-state index in [1.54, 1.807) is 0 Å². The minimum absolute atomic E-state index is 0.0292. The van der Waals surface area contributed by atoms with E-state index < -0.39 is 5.97 Å². The molecule has 0 aliphatic carbocycles. The number of nitrogens with one attached hydrogen (secondary N) is 1. The van der Waals surface area contributed by atoms with Crippen LogP contribution in [0.3, 0.4) is 0 Å². The second-order valence-electron chi connectivity index (χ2n) is 2.08. The Morgan fingerprint density at radius 1 is 1.82 bits per heavy atom. The summed E-state index contributed by atoms with van der Waals surface area (Å²) in [5.41, 5.74) is 1.32. The number of hydrogen-bond donors (Lipinski definition) is 2. The number of carbonyl (C=O) groups is 1. The van der Waals surface area contributed by atoms with Crippen molar-refractivity contribution in [2.24, 2.45) is 0 Å². The van der Waals surface area contributed by atoms with Gasteiger partial charge in [-0.2, -0.15) is 5.10 Å². The minimum atomic E-state index is -0.877. The number of carboxylic acid groups (broad SMARTS) is 1. The molecule has 2 N–H and O–H groups in total. The molecule has 0 spiro atoms. The van der Waals surface area contributed by atoms with Gasteiger partial charge < -0.3 is 5.11 Å². The maximum absolute atomic E-state index is 10.3. The van der Waals surface area contributed by atoms with Crippen LogP contribution in [0.15, 0.2) is 6.20 Å². The smallest absolute Gasteiger partial charge is 0.307 e. The van der Waals surface area contributed by atoms with Crippen LogP contribution in [-0.4, -0.2) is 21.3 Å². The Kier molecular flexibility index (Phi) is 2.48. The van der Waals surface area contributed by atoms with Crippen LogP contribution >= 0.6 is 11.6 Å². The lowest BCUT2D eigenvalue weighted by Gasteiger charge is -1.93. The summed E-state index contributed by atoms with van der Waals surface area (Å²) < 4.78 is 0. The molecule has 0 unspecified atom stereocenters. The Morgan fingerprint density at radius 3 is 3.09 bits per heavy atom. The molecule has 0 fully saturated rings. The summed E-state index contributed by atoms with van der Waals surface area (Å²) in [4.78, 5) is 10.3. The molecule has 11 heavy (non-hydrogen) atoms. The highest BCUT2D eigenvalue weighted by atomic mass is 35.5. The summed E-state index contributed by atoms with van der Waals surface area (Å²) in [6, 6.07) is 0. The van der Waals surface area contributed by atoms with Crippen LogP contribution in [0.5, 0.6) is 0 Å². The molecule has 1 rings (SSSR count). The zero-order valence-electron chi connectivity index (χ0n) is 5.67. The third kappa shape index (κ3) is 1.94. The van der Waals surface area contributed by atoms with Gasteiger partial charge in [-0.3, -0.25) is 9.89 Å². The number of carboxylic acids is 1. The number of hydrogen-bond acceptors (Lipinski definition) is 2. The largest absolute Gasteiger partial charge is 0.481 e. The molecular weight excluding hydrogens is 168 g/mol. The van der Waals surface area contributed by atoms with Gasteiger partial charge in [0.15, 0.2) is 0 Å². The summed E-state index contributed by atoms with van der Waals surface area (Å²) in [6.45, 7) is 0. The summed E-state index contributed by atoms with van der Waals surface area (Å²) >= 11 is 5.49. The topological polar surface area (TPSA) is 66.0 Å². The standard InChI is InChI=1S/C6H7ClN2O2/c7-2-5-4(1-6(10)11)3-8-9-5/h3H,1-2H2,(H,8,9)(H,10,11). The number of rotatable bonds is 3. The number of aromatic nitrogens is 2. The summed E-state index contributed by atoms with van der Waals surface area (Å²) in [5.74, 6) is -0.611. The lowest BCUT2D eigenvalue weighted by atomic mass is 10.2. The summed E-state index contributed by atoms with van der Waals surface area (Å²) in [5, 5.41) is 14.7. The molecule has 0 radical (unpaired) electrons. The van der Waals surface area contributed by atoms with Gasteiger partial charge in [0.05, 0.1) is 24.2 Å². The van der Waals surface area contributed by atoms with Crippen molar-refractivity contribution in [3.63, 3.8) is 0 Å². The Labute approximate surface area is 68.2 Å². The average molecular weight is 175 g/mol. The van der Waals surface area contributed by atoms with Crippen molar-refractivity contribution in [2.75, 3.05) is 0 Å². The first kappa shape index (κ1) is 8.07. The van der Waals surface area contributed by atoms with Crippen molar-refractivity contribution >= 4 is 17.6 Å². The van der Waals surface area contributed by atoms with Crippen LogP contribution in [0, 0.1) is 0 Å². The SMILES string of the molecule is O=C(O)Cc1cn[nH]c1CCl. The maximum Gasteiger partial charge on any atom is 0.307 e.